The molecular weight excluding hydrogens is 369 g/mol. The van der Waals surface area contributed by atoms with Crippen molar-refractivity contribution in [1.29, 1.82) is 0 Å². The molecule has 0 saturated carbocycles. The zero-order chi connectivity index (χ0) is 13.2. The molecule has 4 heteroatoms. The van der Waals surface area contributed by atoms with Gasteiger partial charge < -0.3 is 10.1 Å². The Hall–Kier alpha value is -0.430. The Morgan fingerprint density at radius 3 is 2.84 bits per heavy atom. The molecule has 1 aliphatic rings. The Morgan fingerprint density at radius 2 is 2.11 bits per heavy atom. The van der Waals surface area contributed by atoms with E-state index < -0.39 is 0 Å². The van der Waals surface area contributed by atoms with E-state index in [4.69, 9.17) is 4.74 Å². The molecule has 0 spiro atoms. The number of rotatable bonds is 4. The summed E-state index contributed by atoms with van der Waals surface area (Å²) in [6, 6.07) is 9.28. The van der Waals surface area contributed by atoms with Gasteiger partial charge in [0.2, 0.25) is 0 Å². The van der Waals surface area contributed by atoms with Gasteiger partial charge in [0.25, 0.3) is 0 Å². The van der Waals surface area contributed by atoms with Gasteiger partial charge in [0, 0.05) is 0 Å². The van der Waals surface area contributed by atoms with Crippen molar-refractivity contribution in [3.05, 3.63) is 54.8 Å². The minimum Gasteiger partial charge on any atom is -0.372 e. The molecule has 2 aromatic rings. The maximum Gasteiger partial charge on any atom is 0.0725 e. The van der Waals surface area contributed by atoms with Crippen LogP contribution in [0.15, 0.2) is 29.6 Å². The molecule has 3 rings (SSSR count). The van der Waals surface area contributed by atoms with E-state index in [1.165, 1.54) is 25.1 Å². The average Bonchev–Trinajstić information content (AvgIpc) is 3.03. The summed E-state index contributed by atoms with van der Waals surface area (Å²) in [6.07, 6.45) is 0. The van der Waals surface area contributed by atoms with Crippen LogP contribution in [0.1, 0.15) is 35.2 Å². The van der Waals surface area contributed by atoms with Crippen LogP contribution in [0.3, 0.4) is 0 Å². The van der Waals surface area contributed by atoms with Crippen LogP contribution in [0.2, 0.25) is 0 Å². The zero-order valence-corrected chi connectivity index (χ0v) is 13.8. The van der Waals surface area contributed by atoms with Crippen LogP contribution in [0, 0.1) is 2.88 Å². The van der Waals surface area contributed by atoms with E-state index in [9.17, 15) is 0 Å². The summed E-state index contributed by atoms with van der Waals surface area (Å²) in [5.41, 5.74) is 5.36. The van der Waals surface area contributed by atoms with Gasteiger partial charge in [0.1, 0.15) is 0 Å². The van der Waals surface area contributed by atoms with Gasteiger partial charge in [-0.3, -0.25) is 0 Å². The topological polar surface area (TPSA) is 21.3 Å². The molecule has 1 aliphatic heterocycles. The molecule has 19 heavy (non-hydrogen) atoms. The van der Waals surface area contributed by atoms with E-state index in [-0.39, 0.29) is 6.04 Å². The second kappa shape index (κ2) is 5.91. The van der Waals surface area contributed by atoms with Gasteiger partial charge in [-0.05, 0) is 62.8 Å². The van der Waals surface area contributed by atoms with Crippen LogP contribution in [0.5, 0.6) is 0 Å². The van der Waals surface area contributed by atoms with Crippen LogP contribution in [-0.4, -0.2) is 6.54 Å². The third-order valence-corrected chi connectivity index (χ3v) is 5.22. The first-order valence-electron chi connectivity index (χ1n) is 6.44. The molecule has 0 bridgehead atoms. The first kappa shape index (κ1) is 13.5. The normalized spacial score (nSPS) is 15.5. The fraction of sp³-hybridized carbons (Fsp3) is 0.333. The lowest BCUT2D eigenvalue weighted by Gasteiger charge is -2.18. The lowest BCUT2D eigenvalue weighted by molar-refractivity contribution is 0.134. The SMILES string of the molecule is CCNC(c1csc(I)c1)c1ccc2c(c1)COC2. The highest BCUT2D eigenvalue weighted by Crippen LogP contribution is 2.30. The van der Waals surface area contributed by atoms with E-state index >= 15 is 0 Å². The minimum absolute atomic E-state index is 0.288. The van der Waals surface area contributed by atoms with E-state index in [2.05, 4.69) is 64.5 Å². The van der Waals surface area contributed by atoms with Crippen molar-refractivity contribution in [2.45, 2.75) is 26.2 Å². The number of thiophene rings is 1. The predicted molar refractivity (Wildman–Crippen MR) is 87.5 cm³/mol. The standard InChI is InChI=1S/C15H16INOS/c1-2-17-15(13-6-14(16)19-9-13)10-3-4-11-7-18-8-12(11)5-10/h3-6,9,15,17H,2,7-8H2,1H3. The van der Waals surface area contributed by atoms with Gasteiger partial charge in [0.15, 0.2) is 0 Å². The number of benzene rings is 1. The summed E-state index contributed by atoms with van der Waals surface area (Å²) in [7, 11) is 0. The largest absolute Gasteiger partial charge is 0.372 e. The molecule has 0 fully saturated rings. The van der Waals surface area contributed by atoms with Crippen molar-refractivity contribution >= 4 is 33.9 Å². The molecule has 1 aromatic carbocycles. The Kier molecular flexibility index (Phi) is 4.21. The molecule has 0 aliphatic carbocycles. The summed E-state index contributed by atoms with van der Waals surface area (Å²) in [5, 5.41) is 5.83. The van der Waals surface area contributed by atoms with Crippen molar-refractivity contribution in [3.8, 4) is 0 Å². The van der Waals surface area contributed by atoms with Crippen molar-refractivity contribution in [3.63, 3.8) is 0 Å². The lowest BCUT2D eigenvalue weighted by atomic mass is 9.97. The zero-order valence-electron chi connectivity index (χ0n) is 10.8. The third-order valence-electron chi connectivity index (χ3n) is 3.41. The van der Waals surface area contributed by atoms with E-state index in [1.54, 1.807) is 11.3 Å². The van der Waals surface area contributed by atoms with Gasteiger partial charge in [-0.25, -0.2) is 0 Å². The first-order chi connectivity index (χ1) is 9.28. The van der Waals surface area contributed by atoms with Crippen molar-refractivity contribution < 1.29 is 4.74 Å². The number of ether oxygens (including phenoxy) is 1. The fourth-order valence-corrected chi connectivity index (χ4v) is 3.88. The molecule has 0 radical (unpaired) electrons. The third kappa shape index (κ3) is 2.86. The molecule has 0 amide bonds. The number of hydrogen-bond donors (Lipinski definition) is 1. The first-order valence-corrected chi connectivity index (χ1v) is 8.40. The molecule has 1 atom stereocenters. The molecule has 1 aromatic heterocycles. The van der Waals surface area contributed by atoms with Gasteiger partial charge in [-0.2, -0.15) is 0 Å². The minimum atomic E-state index is 0.288. The average molecular weight is 385 g/mol. The lowest BCUT2D eigenvalue weighted by Crippen LogP contribution is -2.21. The van der Waals surface area contributed by atoms with E-state index in [1.807, 2.05) is 0 Å². The molecule has 1 unspecified atom stereocenters. The summed E-state index contributed by atoms with van der Waals surface area (Å²) < 4.78 is 6.83. The maximum absolute atomic E-state index is 5.50. The second-order valence-corrected chi connectivity index (χ2v) is 7.50. The smallest absolute Gasteiger partial charge is 0.0725 e. The summed E-state index contributed by atoms with van der Waals surface area (Å²) in [5.74, 6) is 0. The molecule has 2 heterocycles. The highest BCUT2D eigenvalue weighted by molar-refractivity contribution is 14.1. The Morgan fingerprint density at radius 1 is 1.26 bits per heavy atom. The Bertz CT molecular complexity index is 581. The second-order valence-electron chi connectivity index (χ2n) is 4.70. The highest BCUT2D eigenvalue weighted by atomic mass is 127. The molecule has 0 saturated heterocycles. The van der Waals surface area contributed by atoms with Crippen LogP contribution >= 0.6 is 33.9 Å². The molecule has 2 nitrogen and oxygen atoms in total. The highest BCUT2D eigenvalue weighted by Gasteiger charge is 2.18. The van der Waals surface area contributed by atoms with E-state index in [0.29, 0.717) is 0 Å². The number of fused-ring (bicyclic) bond motifs is 1. The van der Waals surface area contributed by atoms with Crippen LogP contribution in [0.25, 0.3) is 0 Å². The quantitative estimate of drug-likeness (QED) is 0.801. The number of halogens is 1. The Labute approximate surface area is 131 Å². The summed E-state index contributed by atoms with van der Waals surface area (Å²) in [6.45, 7) is 4.63. The Balaban J connectivity index is 1.95. The van der Waals surface area contributed by atoms with Crippen LogP contribution < -0.4 is 5.32 Å². The van der Waals surface area contributed by atoms with Gasteiger partial charge >= 0.3 is 0 Å². The molecule has 100 valence electrons. The summed E-state index contributed by atoms with van der Waals surface area (Å²) >= 11 is 4.18. The van der Waals surface area contributed by atoms with Gasteiger partial charge in [-0.15, -0.1) is 11.3 Å². The molecule has 1 N–H and O–H groups in total. The van der Waals surface area contributed by atoms with Gasteiger partial charge in [-0.1, -0.05) is 25.1 Å². The maximum atomic E-state index is 5.50. The monoisotopic (exact) mass is 385 g/mol. The van der Waals surface area contributed by atoms with Crippen molar-refractivity contribution in [1.82, 2.24) is 5.32 Å². The van der Waals surface area contributed by atoms with E-state index in [0.717, 1.165) is 19.8 Å². The van der Waals surface area contributed by atoms with Gasteiger partial charge in [0.05, 0.1) is 22.1 Å². The predicted octanol–water partition coefficient (Wildman–Crippen LogP) is 4.08. The van der Waals surface area contributed by atoms with Crippen LogP contribution in [0.4, 0.5) is 0 Å². The van der Waals surface area contributed by atoms with Crippen molar-refractivity contribution in [2.24, 2.45) is 0 Å². The van der Waals surface area contributed by atoms with Crippen LogP contribution in [-0.2, 0) is 18.0 Å². The number of nitrogens with one attached hydrogen (secondary N) is 1. The number of hydrogen-bond acceptors (Lipinski definition) is 3. The fourth-order valence-electron chi connectivity index (χ4n) is 2.48. The van der Waals surface area contributed by atoms with Crippen molar-refractivity contribution in [2.75, 3.05) is 6.54 Å². The molecular formula is C15H16INOS. The summed E-state index contributed by atoms with van der Waals surface area (Å²) in [4.78, 5) is 0.